The lowest BCUT2D eigenvalue weighted by atomic mass is 10.2. The van der Waals surface area contributed by atoms with Crippen LogP contribution in [-0.2, 0) is 4.79 Å². The van der Waals surface area contributed by atoms with E-state index >= 15 is 0 Å². The molecule has 0 heterocycles. The van der Waals surface area contributed by atoms with E-state index in [-0.39, 0.29) is 0 Å². The molecule has 0 aromatic heterocycles. The van der Waals surface area contributed by atoms with Gasteiger partial charge in [-0.3, -0.25) is 0 Å². The Balaban J connectivity index is 2.84. The van der Waals surface area contributed by atoms with Gasteiger partial charge in [0.2, 0.25) is 0 Å². The second kappa shape index (κ2) is 8.19. The van der Waals surface area contributed by atoms with Crippen molar-refractivity contribution >= 4 is 12.0 Å². The van der Waals surface area contributed by atoms with Crippen molar-refractivity contribution in [3.05, 3.63) is 29.8 Å². The summed E-state index contributed by atoms with van der Waals surface area (Å²) < 4.78 is 11.2. The maximum absolute atomic E-state index is 10.5. The minimum atomic E-state index is -0.971. The van der Waals surface area contributed by atoms with Gasteiger partial charge in [-0.2, -0.15) is 0 Å². The molecule has 4 nitrogen and oxygen atoms in total. The monoisotopic (exact) mass is 264 g/mol. The second-order valence-corrected chi connectivity index (χ2v) is 4.01. The quantitative estimate of drug-likeness (QED) is 0.578. The van der Waals surface area contributed by atoms with Crippen molar-refractivity contribution in [1.82, 2.24) is 0 Å². The SMILES string of the molecule is CCCCOc1ccc(/C=C/C(=O)O)cc1OCC. The zero-order chi connectivity index (χ0) is 14.1. The van der Waals surface area contributed by atoms with Crippen LogP contribution in [0.2, 0.25) is 0 Å². The summed E-state index contributed by atoms with van der Waals surface area (Å²) in [5.41, 5.74) is 0.772. The van der Waals surface area contributed by atoms with E-state index in [1.165, 1.54) is 6.08 Å². The van der Waals surface area contributed by atoms with Crippen molar-refractivity contribution in [1.29, 1.82) is 0 Å². The number of carboxylic acids is 1. The summed E-state index contributed by atoms with van der Waals surface area (Å²) in [5.74, 6) is 0.371. The number of ether oxygens (including phenoxy) is 2. The van der Waals surface area contributed by atoms with Gasteiger partial charge in [-0.1, -0.05) is 19.4 Å². The third-order valence-corrected chi connectivity index (χ3v) is 2.44. The fourth-order valence-electron chi connectivity index (χ4n) is 1.51. The largest absolute Gasteiger partial charge is 0.490 e. The highest BCUT2D eigenvalue weighted by molar-refractivity contribution is 5.85. The van der Waals surface area contributed by atoms with E-state index < -0.39 is 5.97 Å². The summed E-state index contributed by atoms with van der Waals surface area (Å²) in [4.78, 5) is 10.5. The van der Waals surface area contributed by atoms with E-state index in [1.807, 2.05) is 19.1 Å². The lowest BCUT2D eigenvalue weighted by Gasteiger charge is -2.12. The maximum Gasteiger partial charge on any atom is 0.328 e. The van der Waals surface area contributed by atoms with Crippen molar-refractivity contribution in [2.24, 2.45) is 0 Å². The highest BCUT2D eigenvalue weighted by Crippen LogP contribution is 2.29. The van der Waals surface area contributed by atoms with E-state index in [0.717, 1.165) is 24.5 Å². The molecular formula is C15H20O4. The zero-order valence-electron chi connectivity index (χ0n) is 11.4. The fourth-order valence-corrected chi connectivity index (χ4v) is 1.51. The molecular weight excluding hydrogens is 244 g/mol. The van der Waals surface area contributed by atoms with E-state index in [9.17, 15) is 4.79 Å². The molecule has 0 aliphatic rings. The van der Waals surface area contributed by atoms with Gasteiger partial charge in [0.05, 0.1) is 13.2 Å². The average molecular weight is 264 g/mol. The van der Waals surface area contributed by atoms with Crippen molar-refractivity contribution in [2.75, 3.05) is 13.2 Å². The van der Waals surface area contributed by atoms with Gasteiger partial charge in [0, 0.05) is 6.08 Å². The van der Waals surface area contributed by atoms with E-state index in [2.05, 4.69) is 6.92 Å². The Morgan fingerprint density at radius 3 is 2.68 bits per heavy atom. The minimum absolute atomic E-state index is 0.538. The first-order valence-corrected chi connectivity index (χ1v) is 6.48. The first-order valence-electron chi connectivity index (χ1n) is 6.48. The normalized spacial score (nSPS) is 10.6. The highest BCUT2D eigenvalue weighted by atomic mass is 16.5. The molecule has 0 unspecified atom stereocenters. The smallest absolute Gasteiger partial charge is 0.328 e. The Bertz CT molecular complexity index is 438. The molecule has 1 aromatic rings. The van der Waals surface area contributed by atoms with Gasteiger partial charge in [-0.05, 0) is 37.1 Å². The summed E-state index contributed by atoms with van der Waals surface area (Å²) in [6.45, 7) is 5.19. The molecule has 19 heavy (non-hydrogen) atoms. The van der Waals surface area contributed by atoms with E-state index in [0.29, 0.717) is 24.7 Å². The molecule has 0 fully saturated rings. The van der Waals surface area contributed by atoms with Crippen LogP contribution >= 0.6 is 0 Å². The number of carbonyl (C=O) groups is 1. The van der Waals surface area contributed by atoms with Crippen LogP contribution in [0.25, 0.3) is 6.08 Å². The predicted octanol–water partition coefficient (Wildman–Crippen LogP) is 3.36. The Kier molecular flexibility index (Phi) is 6.50. The number of unbranched alkanes of at least 4 members (excludes halogenated alkanes) is 1. The van der Waals surface area contributed by atoms with Crippen LogP contribution in [0.4, 0.5) is 0 Å². The molecule has 104 valence electrons. The molecule has 1 rings (SSSR count). The van der Waals surface area contributed by atoms with Gasteiger partial charge >= 0.3 is 5.97 Å². The Morgan fingerprint density at radius 1 is 1.26 bits per heavy atom. The number of rotatable bonds is 8. The summed E-state index contributed by atoms with van der Waals surface area (Å²) in [6.07, 6.45) is 4.69. The van der Waals surface area contributed by atoms with E-state index in [4.69, 9.17) is 14.6 Å². The van der Waals surface area contributed by atoms with Gasteiger partial charge in [-0.15, -0.1) is 0 Å². The third kappa shape index (κ3) is 5.46. The molecule has 1 N–H and O–H groups in total. The number of hydrogen-bond acceptors (Lipinski definition) is 3. The molecule has 0 saturated heterocycles. The average Bonchev–Trinajstić information content (AvgIpc) is 2.39. The van der Waals surface area contributed by atoms with Crippen LogP contribution in [0.15, 0.2) is 24.3 Å². The fraction of sp³-hybridized carbons (Fsp3) is 0.400. The van der Waals surface area contributed by atoms with Gasteiger partial charge in [0.15, 0.2) is 11.5 Å². The Morgan fingerprint density at radius 2 is 2.05 bits per heavy atom. The number of aliphatic carboxylic acids is 1. The molecule has 0 radical (unpaired) electrons. The summed E-state index contributed by atoms with van der Waals surface area (Å²) in [5, 5.41) is 8.60. The van der Waals surface area contributed by atoms with Gasteiger partial charge < -0.3 is 14.6 Å². The van der Waals surface area contributed by atoms with Gasteiger partial charge in [0.1, 0.15) is 0 Å². The standard InChI is InChI=1S/C15H20O4/c1-3-5-10-19-13-8-6-12(7-9-15(16)17)11-14(13)18-4-2/h6-9,11H,3-5,10H2,1-2H3,(H,16,17)/b9-7+. The van der Waals surface area contributed by atoms with Crippen molar-refractivity contribution < 1.29 is 19.4 Å². The number of hydrogen-bond donors (Lipinski definition) is 1. The summed E-state index contributed by atoms with van der Waals surface area (Å²) in [7, 11) is 0. The molecule has 0 amide bonds. The lowest BCUT2D eigenvalue weighted by molar-refractivity contribution is -0.131. The second-order valence-electron chi connectivity index (χ2n) is 4.01. The van der Waals surface area contributed by atoms with Crippen molar-refractivity contribution in [3.8, 4) is 11.5 Å². The number of carboxylic acid groups (broad SMARTS) is 1. The molecule has 0 atom stereocenters. The molecule has 0 aliphatic carbocycles. The van der Waals surface area contributed by atoms with Gasteiger partial charge in [-0.25, -0.2) is 4.79 Å². The van der Waals surface area contributed by atoms with Crippen molar-refractivity contribution in [2.45, 2.75) is 26.7 Å². The first-order chi connectivity index (χ1) is 9.17. The predicted molar refractivity (Wildman–Crippen MR) is 74.7 cm³/mol. The molecule has 0 spiro atoms. The molecule has 1 aromatic carbocycles. The van der Waals surface area contributed by atoms with Crippen LogP contribution in [0.3, 0.4) is 0 Å². The highest BCUT2D eigenvalue weighted by Gasteiger charge is 2.05. The molecule has 0 bridgehead atoms. The first kappa shape index (κ1) is 15.1. The molecule has 0 aliphatic heterocycles. The van der Waals surface area contributed by atoms with Crippen LogP contribution in [0, 0.1) is 0 Å². The summed E-state index contributed by atoms with van der Waals surface area (Å²) in [6, 6.07) is 5.40. The molecule has 4 heteroatoms. The Hall–Kier alpha value is -1.97. The zero-order valence-corrected chi connectivity index (χ0v) is 11.4. The lowest BCUT2D eigenvalue weighted by Crippen LogP contribution is -2.00. The van der Waals surface area contributed by atoms with Crippen molar-refractivity contribution in [3.63, 3.8) is 0 Å². The van der Waals surface area contributed by atoms with Crippen LogP contribution in [-0.4, -0.2) is 24.3 Å². The Labute approximate surface area is 113 Å². The summed E-state index contributed by atoms with van der Waals surface area (Å²) >= 11 is 0. The maximum atomic E-state index is 10.5. The van der Waals surface area contributed by atoms with Gasteiger partial charge in [0.25, 0.3) is 0 Å². The molecule has 0 saturated carbocycles. The minimum Gasteiger partial charge on any atom is -0.490 e. The topological polar surface area (TPSA) is 55.8 Å². The van der Waals surface area contributed by atoms with Crippen LogP contribution in [0.1, 0.15) is 32.3 Å². The third-order valence-electron chi connectivity index (χ3n) is 2.44. The van der Waals surface area contributed by atoms with Crippen LogP contribution < -0.4 is 9.47 Å². The van der Waals surface area contributed by atoms with Crippen LogP contribution in [0.5, 0.6) is 11.5 Å². The number of benzene rings is 1. The van der Waals surface area contributed by atoms with E-state index in [1.54, 1.807) is 6.07 Å².